The van der Waals surface area contributed by atoms with E-state index in [9.17, 15) is 14.0 Å². The average Bonchev–Trinajstić information content (AvgIpc) is 3.35. The first-order chi connectivity index (χ1) is 12.5. The molecule has 0 radical (unpaired) electrons. The van der Waals surface area contributed by atoms with Crippen molar-refractivity contribution >= 4 is 29.2 Å². The second kappa shape index (κ2) is 5.62. The van der Waals surface area contributed by atoms with Gasteiger partial charge in [0.15, 0.2) is 5.82 Å². The Kier molecular flexibility index (Phi) is 3.45. The number of imide groups is 1. The van der Waals surface area contributed by atoms with Gasteiger partial charge in [-0.25, -0.2) is 9.29 Å². The number of fused-ring (bicyclic) bond motifs is 5. The van der Waals surface area contributed by atoms with Gasteiger partial charge in [-0.2, -0.15) is 5.10 Å². The molecule has 0 saturated carbocycles. The summed E-state index contributed by atoms with van der Waals surface area (Å²) in [7, 11) is 0. The molecular formula is C18H15ClFN3O3. The van der Waals surface area contributed by atoms with Crippen LogP contribution in [-0.4, -0.2) is 33.8 Å². The molecule has 134 valence electrons. The number of hydrogen-bond acceptors (Lipinski definition) is 4. The molecule has 2 amide bonds. The molecule has 1 aromatic carbocycles. The first kappa shape index (κ1) is 16.0. The fourth-order valence-corrected chi connectivity index (χ4v) is 4.55. The molecule has 2 aromatic rings. The number of carbonyl (C=O) groups excluding carboxylic acids is 2. The molecule has 8 heteroatoms. The molecule has 0 spiro atoms. The van der Waals surface area contributed by atoms with Crippen LogP contribution in [0.3, 0.4) is 0 Å². The molecule has 4 heterocycles. The number of aromatic nitrogens is 2. The molecule has 3 aliphatic heterocycles. The number of ether oxygens (including phenoxy) is 1. The van der Waals surface area contributed by atoms with E-state index in [-0.39, 0.29) is 40.7 Å². The molecule has 2 bridgehead atoms. The molecule has 5 rings (SSSR count). The van der Waals surface area contributed by atoms with Crippen molar-refractivity contribution in [1.82, 2.24) is 9.78 Å². The summed E-state index contributed by atoms with van der Waals surface area (Å²) in [5.74, 6) is -1.54. The number of nitrogens with zero attached hydrogens (tertiary/aromatic N) is 3. The van der Waals surface area contributed by atoms with Crippen LogP contribution in [0.5, 0.6) is 0 Å². The van der Waals surface area contributed by atoms with Gasteiger partial charge >= 0.3 is 0 Å². The van der Waals surface area contributed by atoms with E-state index in [0.29, 0.717) is 6.54 Å². The minimum absolute atomic E-state index is 0.164. The zero-order valence-corrected chi connectivity index (χ0v) is 14.4. The second-order valence-electron chi connectivity index (χ2n) is 6.98. The summed E-state index contributed by atoms with van der Waals surface area (Å²) in [6, 6.07) is 6.03. The van der Waals surface area contributed by atoms with Crippen molar-refractivity contribution in [2.75, 3.05) is 4.90 Å². The van der Waals surface area contributed by atoms with Crippen LogP contribution in [-0.2, 0) is 20.9 Å². The first-order valence-electron chi connectivity index (χ1n) is 8.53. The minimum atomic E-state index is -0.417. The fraction of sp³-hybridized carbons (Fsp3) is 0.389. The van der Waals surface area contributed by atoms with Crippen LogP contribution in [0.1, 0.15) is 18.4 Å². The summed E-state index contributed by atoms with van der Waals surface area (Å²) in [6.45, 7) is 0.359. The number of rotatable bonds is 3. The molecule has 0 aliphatic carbocycles. The maximum Gasteiger partial charge on any atom is 0.241 e. The van der Waals surface area contributed by atoms with E-state index in [1.165, 1.54) is 12.1 Å². The lowest BCUT2D eigenvalue weighted by Gasteiger charge is -2.15. The van der Waals surface area contributed by atoms with Crippen molar-refractivity contribution in [2.45, 2.75) is 31.6 Å². The van der Waals surface area contributed by atoms with E-state index < -0.39 is 11.8 Å². The SMILES string of the molecule is O=C1[C@@H]2[C@@H](C(=O)N1c1nn(Cc3ccc(F)cc3)cc1Cl)[C@H]1CC[C@@H]2O1. The van der Waals surface area contributed by atoms with Crippen LogP contribution in [0.25, 0.3) is 0 Å². The summed E-state index contributed by atoms with van der Waals surface area (Å²) in [6.07, 6.45) is 2.84. The highest BCUT2D eigenvalue weighted by atomic mass is 35.5. The molecule has 3 aliphatic rings. The van der Waals surface area contributed by atoms with E-state index in [2.05, 4.69) is 5.10 Å². The Morgan fingerprint density at radius 3 is 2.35 bits per heavy atom. The van der Waals surface area contributed by atoms with Gasteiger partial charge in [-0.3, -0.25) is 14.3 Å². The smallest absolute Gasteiger partial charge is 0.241 e. The first-order valence-corrected chi connectivity index (χ1v) is 8.91. The van der Waals surface area contributed by atoms with Crippen molar-refractivity contribution in [1.29, 1.82) is 0 Å². The van der Waals surface area contributed by atoms with Gasteiger partial charge in [-0.1, -0.05) is 23.7 Å². The summed E-state index contributed by atoms with van der Waals surface area (Å²) >= 11 is 6.27. The Labute approximate surface area is 153 Å². The fourth-order valence-electron chi connectivity index (χ4n) is 4.32. The number of anilines is 1. The highest BCUT2D eigenvalue weighted by Crippen LogP contribution is 2.49. The zero-order chi connectivity index (χ0) is 18.0. The predicted octanol–water partition coefficient (Wildman–Crippen LogP) is 2.39. The number of halogens is 2. The van der Waals surface area contributed by atoms with E-state index in [0.717, 1.165) is 23.3 Å². The summed E-state index contributed by atoms with van der Waals surface area (Å²) in [5, 5.41) is 4.58. The van der Waals surface area contributed by atoms with Crippen LogP contribution in [0.15, 0.2) is 30.5 Å². The van der Waals surface area contributed by atoms with Crippen molar-refractivity contribution in [3.63, 3.8) is 0 Å². The molecule has 6 nitrogen and oxygen atoms in total. The van der Waals surface area contributed by atoms with Gasteiger partial charge in [-0.15, -0.1) is 0 Å². The minimum Gasteiger partial charge on any atom is -0.373 e. The van der Waals surface area contributed by atoms with Crippen LogP contribution in [0.2, 0.25) is 5.02 Å². The number of benzene rings is 1. The van der Waals surface area contributed by atoms with Gasteiger partial charge in [0.2, 0.25) is 11.8 Å². The average molecular weight is 376 g/mol. The monoisotopic (exact) mass is 375 g/mol. The van der Waals surface area contributed by atoms with Crippen molar-refractivity contribution in [3.8, 4) is 0 Å². The third kappa shape index (κ3) is 2.23. The van der Waals surface area contributed by atoms with Crippen molar-refractivity contribution in [2.24, 2.45) is 11.8 Å². The van der Waals surface area contributed by atoms with Crippen LogP contribution in [0, 0.1) is 17.7 Å². The Bertz CT molecular complexity index is 885. The van der Waals surface area contributed by atoms with Gasteiger partial charge < -0.3 is 4.74 Å². The van der Waals surface area contributed by atoms with Crippen LogP contribution >= 0.6 is 11.6 Å². The van der Waals surface area contributed by atoms with E-state index in [1.54, 1.807) is 23.0 Å². The second-order valence-corrected chi connectivity index (χ2v) is 7.39. The molecule has 0 unspecified atom stereocenters. The van der Waals surface area contributed by atoms with Gasteiger partial charge in [0, 0.05) is 6.20 Å². The zero-order valence-electron chi connectivity index (χ0n) is 13.6. The molecule has 3 fully saturated rings. The quantitative estimate of drug-likeness (QED) is 0.773. The highest BCUT2D eigenvalue weighted by Gasteiger charge is 2.63. The van der Waals surface area contributed by atoms with Crippen LogP contribution in [0.4, 0.5) is 10.2 Å². The van der Waals surface area contributed by atoms with E-state index in [1.807, 2.05) is 0 Å². The lowest BCUT2D eigenvalue weighted by molar-refractivity contribution is -0.124. The third-order valence-corrected chi connectivity index (χ3v) is 5.72. The lowest BCUT2D eigenvalue weighted by Crippen LogP contribution is -2.34. The Hall–Kier alpha value is -2.25. The topological polar surface area (TPSA) is 64.4 Å². The molecule has 3 saturated heterocycles. The third-order valence-electron chi connectivity index (χ3n) is 5.45. The Morgan fingerprint density at radius 2 is 1.73 bits per heavy atom. The van der Waals surface area contributed by atoms with E-state index in [4.69, 9.17) is 16.3 Å². The van der Waals surface area contributed by atoms with E-state index >= 15 is 0 Å². The highest BCUT2D eigenvalue weighted by molar-refractivity contribution is 6.35. The largest absolute Gasteiger partial charge is 0.373 e. The van der Waals surface area contributed by atoms with Gasteiger partial charge in [-0.05, 0) is 30.5 Å². The molecule has 4 atom stereocenters. The maximum atomic E-state index is 13.0. The molecule has 26 heavy (non-hydrogen) atoms. The number of carbonyl (C=O) groups is 2. The predicted molar refractivity (Wildman–Crippen MR) is 90.1 cm³/mol. The summed E-state index contributed by atoms with van der Waals surface area (Å²) < 4.78 is 20.3. The Morgan fingerprint density at radius 1 is 1.12 bits per heavy atom. The molecule has 0 N–H and O–H groups in total. The van der Waals surface area contributed by atoms with Gasteiger partial charge in [0.05, 0.1) is 30.6 Å². The molecule has 1 aromatic heterocycles. The Balaban J connectivity index is 1.44. The lowest BCUT2D eigenvalue weighted by atomic mass is 9.81. The maximum absolute atomic E-state index is 13.0. The normalized spacial score (nSPS) is 29.7. The summed E-state index contributed by atoms with van der Waals surface area (Å²) in [5.41, 5.74) is 0.833. The standard InChI is InChI=1S/C18H15ClFN3O3/c19-11-8-22(7-9-1-3-10(20)4-2-9)21-16(11)23-17(24)14-12-5-6-13(26-12)15(14)18(23)25/h1-4,8,12-15H,5-7H2/t12-,13+,14-,15-/m0/s1. The number of hydrogen-bond donors (Lipinski definition) is 0. The molecular weight excluding hydrogens is 361 g/mol. The van der Waals surface area contributed by atoms with Gasteiger partial charge in [0.25, 0.3) is 0 Å². The number of amides is 2. The van der Waals surface area contributed by atoms with Crippen LogP contribution < -0.4 is 4.90 Å². The summed E-state index contributed by atoms with van der Waals surface area (Å²) in [4.78, 5) is 26.8. The van der Waals surface area contributed by atoms with Gasteiger partial charge in [0.1, 0.15) is 10.8 Å². The van der Waals surface area contributed by atoms with Crippen molar-refractivity contribution in [3.05, 3.63) is 46.9 Å². The van der Waals surface area contributed by atoms with Crippen molar-refractivity contribution < 1.29 is 18.7 Å².